The Balaban J connectivity index is 2.26. The van der Waals surface area contributed by atoms with Crippen LogP contribution in [0.2, 0.25) is 10.0 Å². The Morgan fingerprint density at radius 3 is 2.47 bits per heavy atom. The van der Waals surface area contributed by atoms with Crippen LogP contribution in [0.25, 0.3) is 10.9 Å². The molecule has 1 aromatic heterocycles. The maximum absolute atomic E-state index is 13.7. The second-order valence-corrected chi connectivity index (χ2v) is 10.4. The highest BCUT2D eigenvalue weighted by Gasteiger charge is 2.29. The molecule has 0 radical (unpaired) electrons. The number of likely N-dealkylation sites (N-methyl/N-ethyl adjacent to an activating group) is 1. The van der Waals surface area contributed by atoms with Crippen LogP contribution >= 0.6 is 39.1 Å². The molecule has 0 bridgehead atoms. The molecule has 10 heteroatoms. The van der Waals surface area contributed by atoms with Crippen LogP contribution in [0.1, 0.15) is 5.69 Å². The van der Waals surface area contributed by atoms with Crippen LogP contribution in [-0.4, -0.2) is 51.6 Å². The summed E-state index contributed by atoms with van der Waals surface area (Å²) in [5.74, 6) is 0.969. The van der Waals surface area contributed by atoms with Gasteiger partial charge in [0.05, 0.1) is 23.3 Å². The number of hydrogen-bond acceptors (Lipinski definition) is 5. The van der Waals surface area contributed by atoms with Gasteiger partial charge in [-0.15, -0.1) is 0 Å². The Morgan fingerprint density at radius 2 is 1.87 bits per heavy atom. The molecule has 0 saturated carbocycles. The van der Waals surface area contributed by atoms with Gasteiger partial charge in [-0.2, -0.15) is 0 Å². The van der Waals surface area contributed by atoms with Crippen molar-refractivity contribution in [2.45, 2.75) is 11.8 Å². The van der Waals surface area contributed by atoms with Crippen LogP contribution in [0.3, 0.4) is 0 Å². The normalized spacial score (nSPS) is 12.0. The van der Waals surface area contributed by atoms with E-state index >= 15 is 0 Å². The van der Waals surface area contributed by atoms with Crippen molar-refractivity contribution in [3.8, 4) is 11.5 Å². The maximum atomic E-state index is 13.7. The third-order valence-electron chi connectivity index (χ3n) is 4.55. The molecule has 162 valence electrons. The summed E-state index contributed by atoms with van der Waals surface area (Å²) in [5, 5.41) is 1.15. The van der Waals surface area contributed by atoms with Gasteiger partial charge in [-0.05, 0) is 67.3 Å². The molecule has 0 aliphatic heterocycles. The zero-order valence-electron chi connectivity index (χ0n) is 16.9. The number of aromatic nitrogens is 1. The van der Waals surface area contributed by atoms with Crippen LogP contribution < -0.4 is 9.47 Å². The summed E-state index contributed by atoms with van der Waals surface area (Å²) in [6.45, 7) is 2.73. The first-order valence-corrected chi connectivity index (χ1v) is 11.9. The second-order valence-electron chi connectivity index (χ2n) is 6.92. The largest absolute Gasteiger partial charge is 0.497 e. The van der Waals surface area contributed by atoms with Gasteiger partial charge in [-0.3, -0.25) is 0 Å². The lowest BCUT2D eigenvalue weighted by molar-refractivity contribution is 0.262. The second kappa shape index (κ2) is 8.96. The Bertz CT molecular complexity index is 1210. The van der Waals surface area contributed by atoms with E-state index in [4.69, 9.17) is 32.7 Å². The van der Waals surface area contributed by atoms with Crippen molar-refractivity contribution in [1.29, 1.82) is 0 Å². The molecule has 1 heterocycles. The summed E-state index contributed by atoms with van der Waals surface area (Å²) in [6.07, 6.45) is 0. The van der Waals surface area contributed by atoms with Crippen molar-refractivity contribution in [3.63, 3.8) is 0 Å². The number of nitrogens with zero attached hydrogens (tertiary/aromatic N) is 2. The molecule has 6 nitrogen and oxygen atoms in total. The highest BCUT2D eigenvalue weighted by molar-refractivity contribution is 9.10. The lowest BCUT2D eigenvalue weighted by Gasteiger charge is -2.14. The quantitative estimate of drug-likeness (QED) is 0.416. The van der Waals surface area contributed by atoms with Gasteiger partial charge in [-0.25, -0.2) is 12.4 Å². The van der Waals surface area contributed by atoms with Crippen LogP contribution in [0.4, 0.5) is 0 Å². The fourth-order valence-electron chi connectivity index (χ4n) is 3.13. The van der Waals surface area contributed by atoms with Gasteiger partial charge in [0.2, 0.25) is 0 Å². The molecule has 3 rings (SSSR count). The van der Waals surface area contributed by atoms with Gasteiger partial charge in [0.15, 0.2) is 0 Å². The van der Waals surface area contributed by atoms with Crippen molar-refractivity contribution in [2.24, 2.45) is 0 Å². The SMILES string of the molecule is COc1ccc(S(=O)(=O)n2c(C)c(OCCN(C)C)c3cc(Cl)cc(Cl)c32)c(Br)c1. The monoisotopic (exact) mass is 534 g/mol. The average Bonchev–Trinajstić information content (AvgIpc) is 2.94. The molecule has 0 amide bonds. The minimum atomic E-state index is -4.01. The fourth-order valence-corrected chi connectivity index (χ4v) is 6.35. The summed E-state index contributed by atoms with van der Waals surface area (Å²) in [6, 6.07) is 7.85. The van der Waals surface area contributed by atoms with Crippen molar-refractivity contribution in [3.05, 3.63) is 50.5 Å². The van der Waals surface area contributed by atoms with Crippen molar-refractivity contribution < 1.29 is 17.9 Å². The molecule has 3 aromatic rings. The molecule has 0 atom stereocenters. The summed E-state index contributed by atoms with van der Waals surface area (Å²) in [4.78, 5) is 2.05. The van der Waals surface area contributed by atoms with E-state index in [1.165, 1.54) is 23.2 Å². The first kappa shape index (κ1) is 23.2. The molecule has 0 aliphatic rings. The summed E-state index contributed by atoms with van der Waals surface area (Å²) < 4.78 is 40.0. The molecule has 0 unspecified atom stereocenters. The van der Waals surface area contributed by atoms with Crippen LogP contribution in [0, 0.1) is 6.92 Å². The minimum Gasteiger partial charge on any atom is -0.497 e. The Hall–Kier alpha value is -1.45. The molecule has 0 aliphatic carbocycles. The highest BCUT2D eigenvalue weighted by atomic mass is 79.9. The lowest BCUT2D eigenvalue weighted by Crippen LogP contribution is -2.20. The van der Waals surface area contributed by atoms with Gasteiger partial charge >= 0.3 is 0 Å². The maximum Gasteiger partial charge on any atom is 0.269 e. The van der Waals surface area contributed by atoms with E-state index < -0.39 is 10.0 Å². The first-order valence-electron chi connectivity index (χ1n) is 8.94. The smallest absolute Gasteiger partial charge is 0.269 e. The number of hydrogen-bond donors (Lipinski definition) is 0. The van der Waals surface area contributed by atoms with E-state index in [0.29, 0.717) is 50.7 Å². The zero-order valence-corrected chi connectivity index (χ0v) is 20.8. The van der Waals surface area contributed by atoms with Gasteiger partial charge < -0.3 is 14.4 Å². The molecule has 0 N–H and O–H groups in total. The van der Waals surface area contributed by atoms with E-state index in [1.54, 1.807) is 25.1 Å². The third kappa shape index (κ3) is 4.29. The number of ether oxygens (including phenoxy) is 2. The number of fused-ring (bicyclic) bond motifs is 1. The molecular formula is C20H21BrCl2N2O4S. The molecule has 0 saturated heterocycles. The minimum absolute atomic E-state index is 0.0779. The summed E-state index contributed by atoms with van der Waals surface area (Å²) in [7, 11) is 1.36. The van der Waals surface area contributed by atoms with Crippen LogP contribution in [0.15, 0.2) is 39.7 Å². The zero-order chi connectivity index (χ0) is 22.2. The van der Waals surface area contributed by atoms with E-state index in [-0.39, 0.29) is 9.92 Å². The Kier molecular flexibility index (Phi) is 6.94. The van der Waals surface area contributed by atoms with E-state index in [0.717, 1.165) is 0 Å². The van der Waals surface area contributed by atoms with E-state index in [9.17, 15) is 8.42 Å². The lowest BCUT2D eigenvalue weighted by atomic mass is 10.2. The number of methoxy groups -OCH3 is 1. The van der Waals surface area contributed by atoms with Gasteiger partial charge in [0.1, 0.15) is 23.0 Å². The predicted octanol–water partition coefficient (Wildman–Crippen LogP) is 5.21. The van der Waals surface area contributed by atoms with Gasteiger partial charge in [-0.1, -0.05) is 23.2 Å². The molecule has 30 heavy (non-hydrogen) atoms. The van der Waals surface area contributed by atoms with Crippen LogP contribution in [-0.2, 0) is 10.0 Å². The number of rotatable bonds is 7. The highest BCUT2D eigenvalue weighted by Crippen LogP contribution is 2.41. The van der Waals surface area contributed by atoms with Crippen molar-refractivity contribution in [1.82, 2.24) is 8.87 Å². The van der Waals surface area contributed by atoms with Crippen molar-refractivity contribution >= 4 is 60.1 Å². The first-order chi connectivity index (χ1) is 14.1. The topological polar surface area (TPSA) is 60.8 Å². The number of benzene rings is 2. The Morgan fingerprint density at radius 1 is 1.17 bits per heavy atom. The number of halogens is 3. The van der Waals surface area contributed by atoms with E-state index in [2.05, 4.69) is 15.9 Å². The fraction of sp³-hybridized carbons (Fsp3) is 0.300. The van der Waals surface area contributed by atoms with Gasteiger partial charge in [0, 0.05) is 21.4 Å². The summed E-state index contributed by atoms with van der Waals surface area (Å²) >= 11 is 16.0. The van der Waals surface area contributed by atoms with Gasteiger partial charge in [0.25, 0.3) is 10.0 Å². The molecule has 2 aromatic carbocycles. The van der Waals surface area contributed by atoms with E-state index in [1.807, 2.05) is 19.0 Å². The standard InChI is InChI=1S/C20H21BrCl2N2O4S/c1-12-20(29-8-7-24(2)3)15-9-13(22)10-17(23)19(15)25(12)30(26,27)18-6-5-14(28-4)11-16(18)21/h5-6,9-11H,7-8H2,1-4H3. The average molecular weight is 536 g/mol. The Labute approximate surface area is 194 Å². The third-order valence-corrected chi connectivity index (χ3v) is 7.83. The molecule has 0 spiro atoms. The molecule has 0 fully saturated rings. The predicted molar refractivity (Wildman–Crippen MR) is 124 cm³/mol. The summed E-state index contributed by atoms with van der Waals surface area (Å²) in [5.41, 5.74) is 0.733. The van der Waals surface area contributed by atoms with Crippen molar-refractivity contribution in [2.75, 3.05) is 34.4 Å². The molecular weight excluding hydrogens is 515 g/mol. The van der Waals surface area contributed by atoms with Crippen LogP contribution in [0.5, 0.6) is 11.5 Å².